The molecule has 1 heterocycles. The van der Waals surface area contributed by atoms with Crippen molar-refractivity contribution in [1.82, 2.24) is 0 Å². The van der Waals surface area contributed by atoms with Gasteiger partial charge in [-0.15, -0.1) is 0 Å². The fourth-order valence-corrected chi connectivity index (χ4v) is 3.98. The molecule has 0 bridgehead atoms. The second-order valence-corrected chi connectivity index (χ2v) is 7.30. The average molecular weight is 461 g/mol. The summed E-state index contributed by atoms with van der Waals surface area (Å²) in [5.74, 6) is -3.59. The minimum Gasteiger partial charge on any atom is -0.466 e. The predicted molar refractivity (Wildman–Crippen MR) is 122 cm³/mol. The second kappa shape index (κ2) is 9.92. The molecule has 0 spiro atoms. The summed E-state index contributed by atoms with van der Waals surface area (Å²) in [5, 5.41) is 10.1. The third-order valence-corrected chi connectivity index (χ3v) is 5.48. The molecule has 0 saturated heterocycles. The maximum Gasteiger partial charge on any atom is 0.355 e. The van der Waals surface area contributed by atoms with E-state index < -0.39 is 23.8 Å². The fraction of sp³-hybridized carbons (Fsp3) is 0.200. The van der Waals surface area contributed by atoms with Gasteiger partial charge in [-0.2, -0.15) is 5.26 Å². The summed E-state index contributed by atoms with van der Waals surface area (Å²) in [5.41, 5.74) is 7.41. The number of rotatable bonds is 5. The molecule has 2 aromatic carbocycles. The van der Waals surface area contributed by atoms with E-state index in [2.05, 4.69) is 6.07 Å². The van der Waals surface area contributed by atoms with E-state index in [1.165, 1.54) is 18.1 Å². The van der Waals surface area contributed by atoms with Crippen molar-refractivity contribution in [1.29, 1.82) is 5.26 Å². The van der Waals surface area contributed by atoms with Crippen LogP contribution in [0, 0.1) is 18.3 Å². The largest absolute Gasteiger partial charge is 0.466 e. The van der Waals surface area contributed by atoms with Crippen LogP contribution < -0.4 is 10.6 Å². The Morgan fingerprint density at radius 2 is 1.53 bits per heavy atom. The molecule has 0 aliphatic carbocycles. The Hall–Kier alpha value is -4.58. The first-order chi connectivity index (χ1) is 16.3. The van der Waals surface area contributed by atoms with Gasteiger partial charge >= 0.3 is 17.9 Å². The number of benzene rings is 2. The number of para-hydroxylation sites is 1. The minimum absolute atomic E-state index is 0.00155. The van der Waals surface area contributed by atoms with E-state index >= 15 is 0 Å². The lowest BCUT2D eigenvalue weighted by Crippen LogP contribution is -2.41. The van der Waals surface area contributed by atoms with Crippen molar-refractivity contribution in [2.24, 2.45) is 5.73 Å². The number of methoxy groups -OCH3 is 3. The van der Waals surface area contributed by atoms with Gasteiger partial charge in [0, 0.05) is 0 Å². The van der Waals surface area contributed by atoms with Gasteiger partial charge in [0.15, 0.2) is 0 Å². The number of allylic oxidation sites excluding steroid dienone is 1. The molecule has 0 fully saturated rings. The number of carbonyl (C=O) groups excluding carboxylic acids is 3. The first-order valence-corrected chi connectivity index (χ1v) is 10.2. The van der Waals surface area contributed by atoms with Crippen LogP contribution in [0.1, 0.15) is 27.4 Å². The van der Waals surface area contributed by atoms with E-state index in [9.17, 15) is 19.6 Å². The number of anilines is 1. The molecule has 1 unspecified atom stereocenters. The van der Waals surface area contributed by atoms with Crippen molar-refractivity contribution in [3.05, 3.63) is 87.9 Å². The lowest BCUT2D eigenvalue weighted by molar-refractivity contribution is -0.139. The number of nitriles is 1. The molecule has 174 valence electrons. The Morgan fingerprint density at radius 3 is 2.09 bits per heavy atom. The number of carbonyl (C=O) groups is 3. The molecular weight excluding hydrogens is 438 g/mol. The van der Waals surface area contributed by atoms with Crippen LogP contribution in [0.15, 0.2) is 71.2 Å². The van der Waals surface area contributed by atoms with Gasteiger partial charge in [0.05, 0.1) is 55.7 Å². The number of hydrogen-bond donors (Lipinski definition) is 1. The first-order valence-electron chi connectivity index (χ1n) is 10.2. The molecular formula is C25H23N3O6. The lowest BCUT2D eigenvalue weighted by atomic mass is 9.80. The van der Waals surface area contributed by atoms with Crippen molar-refractivity contribution < 1.29 is 28.6 Å². The van der Waals surface area contributed by atoms with Crippen LogP contribution in [0.3, 0.4) is 0 Å². The number of nitrogens with two attached hydrogens (primary N) is 1. The van der Waals surface area contributed by atoms with Crippen LogP contribution in [0.4, 0.5) is 5.69 Å². The van der Waals surface area contributed by atoms with Crippen molar-refractivity contribution in [2.75, 3.05) is 26.2 Å². The molecule has 0 aromatic heterocycles. The van der Waals surface area contributed by atoms with E-state index in [0.717, 1.165) is 14.2 Å². The van der Waals surface area contributed by atoms with Gasteiger partial charge < -0.3 is 19.9 Å². The molecule has 34 heavy (non-hydrogen) atoms. The highest BCUT2D eigenvalue weighted by Gasteiger charge is 2.44. The van der Waals surface area contributed by atoms with Crippen LogP contribution in [-0.4, -0.2) is 39.2 Å². The number of ether oxygens (including phenoxy) is 3. The average Bonchev–Trinajstić information content (AvgIpc) is 2.87. The lowest BCUT2D eigenvalue weighted by Gasteiger charge is -2.37. The zero-order valence-electron chi connectivity index (χ0n) is 19.1. The summed E-state index contributed by atoms with van der Waals surface area (Å²) in [6.07, 6.45) is 0. The SMILES string of the molecule is COC(=O)C1=C(C(=O)OC)N(c2c(C)cccc2C(=O)OC)C(N)=C(C#N)C1c1ccccc1. The Kier molecular flexibility index (Phi) is 7.02. The summed E-state index contributed by atoms with van der Waals surface area (Å²) < 4.78 is 14.9. The minimum atomic E-state index is -1.01. The summed E-state index contributed by atoms with van der Waals surface area (Å²) in [7, 11) is 3.53. The van der Waals surface area contributed by atoms with Gasteiger partial charge in [-0.25, -0.2) is 14.4 Å². The number of aryl methyl sites for hydroxylation is 1. The van der Waals surface area contributed by atoms with Gasteiger partial charge in [0.1, 0.15) is 11.5 Å². The molecule has 1 aliphatic heterocycles. The maximum atomic E-state index is 13.2. The number of esters is 3. The Balaban J connectivity index is 2.50. The van der Waals surface area contributed by atoms with Crippen molar-refractivity contribution in [3.63, 3.8) is 0 Å². The van der Waals surface area contributed by atoms with Crippen LogP contribution in [0.5, 0.6) is 0 Å². The number of nitrogens with zero attached hydrogens (tertiary/aromatic N) is 2. The molecule has 1 atom stereocenters. The van der Waals surface area contributed by atoms with E-state index in [1.807, 2.05) is 0 Å². The smallest absolute Gasteiger partial charge is 0.355 e. The van der Waals surface area contributed by atoms with Crippen molar-refractivity contribution in [3.8, 4) is 6.07 Å². The normalized spacial score (nSPS) is 15.5. The molecule has 0 saturated carbocycles. The highest BCUT2D eigenvalue weighted by Crippen LogP contribution is 2.44. The summed E-state index contributed by atoms with van der Waals surface area (Å²) in [6, 6.07) is 15.5. The van der Waals surface area contributed by atoms with E-state index in [1.54, 1.807) is 49.4 Å². The number of hydrogen-bond acceptors (Lipinski definition) is 9. The fourth-order valence-electron chi connectivity index (χ4n) is 3.98. The monoisotopic (exact) mass is 461 g/mol. The molecule has 9 heteroatoms. The molecule has 3 rings (SSSR count). The summed E-state index contributed by atoms with van der Waals surface area (Å²) in [6.45, 7) is 1.69. The molecule has 0 radical (unpaired) electrons. The highest BCUT2D eigenvalue weighted by molar-refractivity contribution is 6.08. The van der Waals surface area contributed by atoms with Crippen LogP contribution >= 0.6 is 0 Å². The Labute approximate surface area is 196 Å². The van der Waals surface area contributed by atoms with Gasteiger partial charge in [0.25, 0.3) is 0 Å². The third-order valence-electron chi connectivity index (χ3n) is 5.48. The van der Waals surface area contributed by atoms with Gasteiger partial charge in [-0.3, -0.25) is 4.90 Å². The Bertz CT molecular complexity index is 1260. The van der Waals surface area contributed by atoms with Gasteiger partial charge in [0.2, 0.25) is 0 Å². The third kappa shape index (κ3) is 3.97. The van der Waals surface area contributed by atoms with E-state index in [4.69, 9.17) is 19.9 Å². The zero-order chi connectivity index (χ0) is 25.0. The standard InChI is InChI=1S/C25H23N3O6/c1-14-9-8-12-16(23(29)32-2)20(14)28-21(25(31)34-4)19(24(30)33-3)18(17(13-26)22(28)27)15-10-6-5-7-11-15/h5-12,18H,27H2,1-4H3. The Morgan fingerprint density at radius 1 is 0.912 bits per heavy atom. The quantitative estimate of drug-likeness (QED) is 0.527. The van der Waals surface area contributed by atoms with E-state index in [-0.39, 0.29) is 33.9 Å². The van der Waals surface area contributed by atoms with Gasteiger partial charge in [-0.1, -0.05) is 42.5 Å². The van der Waals surface area contributed by atoms with Crippen molar-refractivity contribution >= 4 is 23.6 Å². The molecule has 1 aliphatic rings. The van der Waals surface area contributed by atoms with Crippen LogP contribution in [0.25, 0.3) is 0 Å². The molecule has 2 aromatic rings. The summed E-state index contributed by atoms with van der Waals surface area (Å²) >= 11 is 0. The molecule has 2 N–H and O–H groups in total. The topological polar surface area (TPSA) is 132 Å². The maximum absolute atomic E-state index is 13.2. The second-order valence-electron chi connectivity index (χ2n) is 7.30. The molecule has 9 nitrogen and oxygen atoms in total. The van der Waals surface area contributed by atoms with Gasteiger partial charge in [-0.05, 0) is 24.1 Å². The van der Waals surface area contributed by atoms with E-state index in [0.29, 0.717) is 11.1 Å². The highest BCUT2D eigenvalue weighted by atomic mass is 16.5. The predicted octanol–water partition coefficient (Wildman–Crippen LogP) is 2.68. The van der Waals surface area contributed by atoms with Crippen LogP contribution in [0.2, 0.25) is 0 Å². The first kappa shape index (κ1) is 24.1. The van der Waals surface area contributed by atoms with Crippen molar-refractivity contribution in [2.45, 2.75) is 12.8 Å². The van der Waals surface area contributed by atoms with Crippen LogP contribution in [-0.2, 0) is 23.8 Å². The zero-order valence-corrected chi connectivity index (χ0v) is 19.1. The molecule has 0 amide bonds. The summed E-state index contributed by atoms with van der Waals surface area (Å²) in [4.78, 5) is 40.0.